The number of fused-ring (bicyclic) bond motifs is 7. The molecule has 3 N–H and O–H groups in total. The van der Waals surface area contributed by atoms with Crippen molar-refractivity contribution in [2.75, 3.05) is 26.2 Å². The van der Waals surface area contributed by atoms with E-state index < -0.39 is 11.9 Å². The second kappa shape index (κ2) is 14.6. The van der Waals surface area contributed by atoms with Crippen LogP contribution in [-0.2, 0) is 9.59 Å². The highest BCUT2D eigenvalue weighted by molar-refractivity contribution is 5.88. The molecule has 1 aromatic rings. The van der Waals surface area contributed by atoms with Gasteiger partial charge in [0.05, 0.1) is 11.0 Å². The van der Waals surface area contributed by atoms with Gasteiger partial charge in [0.25, 0.3) is 0 Å². The minimum absolute atomic E-state index is 0.0280. The molecule has 1 aromatic carbocycles. The lowest BCUT2D eigenvalue weighted by Gasteiger charge is -2.72. The van der Waals surface area contributed by atoms with Crippen LogP contribution in [0, 0.1) is 56.7 Å². The lowest BCUT2D eigenvalue weighted by molar-refractivity contribution is -0.225. The molecule has 0 spiro atoms. The first kappa shape index (κ1) is 39.8. The van der Waals surface area contributed by atoms with Crippen molar-refractivity contribution < 1.29 is 24.6 Å². The van der Waals surface area contributed by atoms with Gasteiger partial charge in [-0.15, -0.1) is 0 Å². The van der Waals surface area contributed by atoms with Gasteiger partial charge in [0.1, 0.15) is 0 Å². The normalized spacial score (nSPS) is 37.1. The molecule has 0 radical (unpaired) electrons. The quantitative estimate of drug-likeness (QED) is 0.138. The van der Waals surface area contributed by atoms with Gasteiger partial charge in [0.15, 0.2) is 0 Å². The Morgan fingerprint density at radius 3 is 2.21 bits per heavy atom. The summed E-state index contributed by atoms with van der Waals surface area (Å²) < 4.78 is 0. The van der Waals surface area contributed by atoms with E-state index >= 15 is 0 Å². The average molecular weight is 729 g/mol. The molecule has 1 amide bonds. The van der Waals surface area contributed by atoms with Crippen LogP contribution in [0.1, 0.15) is 141 Å². The Hall–Kier alpha value is -2.93. The van der Waals surface area contributed by atoms with E-state index in [9.17, 15) is 19.5 Å². The Morgan fingerprint density at radius 2 is 1.57 bits per heavy atom. The maximum absolute atomic E-state index is 14.5. The lowest BCUT2D eigenvalue weighted by Crippen LogP contribution is -2.66. The molecule has 7 heteroatoms. The molecule has 4 saturated carbocycles. The van der Waals surface area contributed by atoms with Gasteiger partial charge >= 0.3 is 11.9 Å². The van der Waals surface area contributed by atoms with Crippen molar-refractivity contribution in [3.63, 3.8) is 0 Å². The Kier molecular flexibility index (Phi) is 11.0. The number of carboxylic acid groups (broad SMARTS) is 2. The van der Waals surface area contributed by atoms with Gasteiger partial charge in [-0.05, 0) is 172 Å². The first-order chi connectivity index (χ1) is 25.0. The number of amides is 1. The molecule has 5 aliphatic rings. The van der Waals surface area contributed by atoms with Crippen molar-refractivity contribution in [2.24, 2.45) is 56.7 Å². The van der Waals surface area contributed by atoms with Gasteiger partial charge in [-0.25, -0.2) is 4.79 Å². The molecular weight excluding hydrogens is 661 g/mol. The standard InChI is InChI=1S/C46H68N2O5/c1-9-48(28-10-12-38(49)50)29-11-27-47-41(53)46-24-19-33(30(2)3)39(46)35-17-18-37-43(6)22-20-34(31-13-15-32(16-14-31)40(51)52)42(4,5)36(43)21-23-45(37,8)44(35,7)25-26-46/h13-16,20,33,35-37,39H,2,9-12,17-19,21-29H2,1,3-8H3,(H,47,53)(H,49,50)(H,51,52)/t33-,35+,36-,37+,39+,43-,44+,45+,46-/m0/s1. The number of hydrogen-bond donors (Lipinski definition) is 3. The van der Waals surface area contributed by atoms with Crippen LogP contribution in [0.4, 0.5) is 0 Å². The van der Waals surface area contributed by atoms with Crippen LogP contribution in [-0.4, -0.2) is 59.1 Å². The first-order valence-corrected chi connectivity index (χ1v) is 20.9. The molecule has 0 heterocycles. The fraction of sp³-hybridized carbons (Fsp3) is 0.717. The molecule has 5 aliphatic carbocycles. The minimum atomic E-state index is -0.883. The third kappa shape index (κ3) is 6.53. The fourth-order valence-electron chi connectivity index (χ4n) is 14.0. The summed E-state index contributed by atoms with van der Waals surface area (Å²) in [6.07, 6.45) is 14.2. The van der Waals surface area contributed by atoms with Gasteiger partial charge in [-0.2, -0.15) is 0 Å². The number of rotatable bonds is 13. The molecule has 4 fully saturated rings. The molecule has 0 aromatic heterocycles. The zero-order chi connectivity index (χ0) is 38.6. The van der Waals surface area contributed by atoms with E-state index in [-0.39, 0.29) is 39.4 Å². The number of allylic oxidation sites excluding steroid dienone is 3. The summed E-state index contributed by atoms with van der Waals surface area (Å²) in [7, 11) is 0. The predicted octanol–water partition coefficient (Wildman–Crippen LogP) is 9.73. The van der Waals surface area contributed by atoms with E-state index in [2.05, 4.69) is 71.3 Å². The smallest absolute Gasteiger partial charge is 0.335 e. The van der Waals surface area contributed by atoms with Crippen molar-refractivity contribution in [1.29, 1.82) is 0 Å². The average Bonchev–Trinajstić information content (AvgIpc) is 3.50. The van der Waals surface area contributed by atoms with Crippen LogP contribution in [0.25, 0.3) is 5.57 Å². The largest absolute Gasteiger partial charge is 0.481 e. The zero-order valence-electron chi connectivity index (χ0n) is 33.9. The van der Waals surface area contributed by atoms with E-state index in [1.165, 1.54) is 36.8 Å². The van der Waals surface area contributed by atoms with Crippen molar-refractivity contribution in [2.45, 2.75) is 126 Å². The van der Waals surface area contributed by atoms with E-state index in [1.807, 2.05) is 12.1 Å². The van der Waals surface area contributed by atoms with Crippen LogP contribution in [0.2, 0.25) is 0 Å². The Balaban J connectivity index is 1.22. The van der Waals surface area contributed by atoms with Gasteiger partial charge in [-0.1, -0.05) is 71.9 Å². The number of benzene rings is 1. The number of hydrogen-bond acceptors (Lipinski definition) is 4. The predicted molar refractivity (Wildman–Crippen MR) is 212 cm³/mol. The van der Waals surface area contributed by atoms with E-state index in [4.69, 9.17) is 5.11 Å². The fourth-order valence-corrected chi connectivity index (χ4v) is 14.0. The molecule has 9 atom stereocenters. The maximum atomic E-state index is 14.5. The number of carbonyl (C=O) groups is 3. The van der Waals surface area contributed by atoms with Crippen LogP contribution < -0.4 is 5.32 Å². The van der Waals surface area contributed by atoms with Crippen molar-refractivity contribution in [3.8, 4) is 0 Å². The molecule has 0 bridgehead atoms. The summed E-state index contributed by atoms with van der Waals surface area (Å²) in [6, 6.07) is 7.52. The summed E-state index contributed by atoms with van der Waals surface area (Å²) in [5, 5.41) is 22.0. The van der Waals surface area contributed by atoms with Gasteiger partial charge < -0.3 is 20.4 Å². The molecular formula is C46H68N2O5. The Morgan fingerprint density at radius 1 is 0.868 bits per heavy atom. The van der Waals surface area contributed by atoms with Crippen molar-refractivity contribution >= 4 is 23.4 Å². The third-order valence-corrected chi connectivity index (χ3v) is 16.8. The molecule has 0 aliphatic heterocycles. The Bertz CT molecular complexity index is 1610. The van der Waals surface area contributed by atoms with Crippen molar-refractivity contribution in [3.05, 3.63) is 53.6 Å². The molecule has 6 rings (SSSR count). The number of carboxylic acids is 2. The lowest BCUT2D eigenvalue weighted by atomic mass is 9.32. The minimum Gasteiger partial charge on any atom is -0.481 e. The second-order valence-corrected chi connectivity index (χ2v) is 19.3. The molecule has 0 saturated heterocycles. The zero-order valence-corrected chi connectivity index (χ0v) is 33.9. The highest BCUT2D eigenvalue weighted by Gasteiger charge is 2.71. The summed E-state index contributed by atoms with van der Waals surface area (Å²) in [5.74, 6) is 0.989. The molecule has 292 valence electrons. The molecule has 7 nitrogen and oxygen atoms in total. The van der Waals surface area contributed by atoms with Crippen LogP contribution in [0.15, 0.2) is 42.5 Å². The molecule has 0 unspecified atom stereocenters. The number of aromatic carboxylic acids is 1. The maximum Gasteiger partial charge on any atom is 0.335 e. The van der Waals surface area contributed by atoms with Gasteiger partial charge in [-0.3, -0.25) is 9.59 Å². The number of carbonyl (C=O) groups excluding carboxylic acids is 1. The van der Waals surface area contributed by atoms with Crippen molar-refractivity contribution in [1.82, 2.24) is 10.2 Å². The van der Waals surface area contributed by atoms with E-state index in [0.29, 0.717) is 48.1 Å². The highest BCUT2D eigenvalue weighted by Crippen LogP contribution is 2.77. The number of nitrogens with zero attached hydrogens (tertiary/aromatic N) is 1. The third-order valence-electron chi connectivity index (χ3n) is 16.8. The molecule has 53 heavy (non-hydrogen) atoms. The Labute approximate surface area is 319 Å². The summed E-state index contributed by atoms with van der Waals surface area (Å²) in [4.78, 5) is 39.4. The summed E-state index contributed by atoms with van der Waals surface area (Å²) in [5.41, 5.74) is 4.24. The highest BCUT2D eigenvalue weighted by atomic mass is 16.4. The second-order valence-electron chi connectivity index (χ2n) is 19.3. The summed E-state index contributed by atoms with van der Waals surface area (Å²) in [6.45, 7) is 24.8. The van der Waals surface area contributed by atoms with Crippen LogP contribution in [0.5, 0.6) is 0 Å². The number of nitrogens with one attached hydrogen (secondary N) is 1. The van der Waals surface area contributed by atoms with Gasteiger partial charge in [0, 0.05) is 13.0 Å². The van der Waals surface area contributed by atoms with E-state index in [0.717, 1.165) is 63.7 Å². The van der Waals surface area contributed by atoms with Crippen LogP contribution >= 0.6 is 0 Å². The topological polar surface area (TPSA) is 107 Å². The summed E-state index contributed by atoms with van der Waals surface area (Å²) >= 11 is 0. The van der Waals surface area contributed by atoms with E-state index in [1.54, 1.807) is 12.1 Å². The van der Waals surface area contributed by atoms with Gasteiger partial charge in [0.2, 0.25) is 5.91 Å². The van der Waals surface area contributed by atoms with Crippen LogP contribution in [0.3, 0.4) is 0 Å². The first-order valence-electron chi connectivity index (χ1n) is 20.9. The monoisotopic (exact) mass is 729 g/mol. The number of aliphatic carboxylic acids is 1. The SMILES string of the molecule is C=C(C)[C@@H]1CC[C@]2(C(=O)NCCCN(CC)CCCC(=O)O)CC[C@]3(C)[C@H](CC[C@@H]4[C@@]5(C)CC=C(c6ccc(C(=O)O)cc6)C(C)(C)[C@@H]5CC[C@]43C)[C@@H]12.